The molecule has 0 unspecified atom stereocenters. The largest absolute Gasteiger partial charge is 0.507 e. The molecule has 0 aliphatic heterocycles. The van der Waals surface area contributed by atoms with Gasteiger partial charge in [0.1, 0.15) is 11.4 Å². The maximum Gasteiger partial charge on any atom is 0.258 e. The molecule has 2 aromatic heterocycles. The molecule has 1 radical (unpaired) electrons. The standard InChI is InChI=1S/C23H19N2O2/c1-15-21(26)19-11-12-20(24-22(19)25(2)23(15)27)18-10-6-9-17(14-18)13-16-7-4-3-5-8-16/h3-12,14,26H,1,13H2,2H3. The SMILES string of the molecule is [CH2]c1c(O)c2ccc(-c3cccc(Cc4ccccc4)c3)nc2n(C)c1=O. The normalized spacial score (nSPS) is 11.0. The van der Waals surface area contributed by atoms with Crippen molar-refractivity contribution in [3.05, 3.63) is 101 Å². The fourth-order valence-corrected chi connectivity index (χ4v) is 3.28. The second-order valence-corrected chi connectivity index (χ2v) is 6.62. The first kappa shape index (κ1) is 17.0. The van der Waals surface area contributed by atoms with Crippen LogP contribution >= 0.6 is 0 Å². The molecule has 2 aromatic carbocycles. The van der Waals surface area contributed by atoms with Crippen LogP contribution in [0.3, 0.4) is 0 Å². The van der Waals surface area contributed by atoms with E-state index < -0.39 is 0 Å². The quantitative estimate of drug-likeness (QED) is 0.602. The van der Waals surface area contributed by atoms with E-state index in [4.69, 9.17) is 0 Å². The van der Waals surface area contributed by atoms with Crippen LogP contribution in [0.5, 0.6) is 5.75 Å². The van der Waals surface area contributed by atoms with Crippen molar-refractivity contribution in [2.45, 2.75) is 6.42 Å². The van der Waals surface area contributed by atoms with E-state index in [1.54, 1.807) is 13.1 Å². The first-order valence-electron chi connectivity index (χ1n) is 8.72. The monoisotopic (exact) mass is 355 g/mol. The number of benzene rings is 2. The van der Waals surface area contributed by atoms with Gasteiger partial charge in [-0.2, -0.15) is 0 Å². The lowest BCUT2D eigenvalue weighted by atomic mass is 10.0. The van der Waals surface area contributed by atoms with Crippen LogP contribution in [0.1, 0.15) is 16.7 Å². The summed E-state index contributed by atoms with van der Waals surface area (Å²) in [6.45, 7) is 3.65. The highest BCUT2D eigenvalue weighted by molar-refractivity contribution is 5.85. The fourth-order valence-electron chi connectivity index (χ4n) is 3.28. The van der Waals surface area contributed by atoms with Crippen molar-refractivity contribution in [3.8, 4) is 17.0 Å². The number of fused-ring (bicyclic) bond motifs is 1. The van der Waals surface area contributed by atoms with Crippen LogP contribution in [-0.2, 0) is 13.5 Å². The third-order valence-electron chi connectivity index (χ3n) is 4.77. The lowest BCUT2D eigenvalue weighted by Gasteiger charge is -2.11. The van der Waals surface area contributed by atoms with Crippen LogP contribution in [-0.4, -0.2) is 14.7 Å². The van der Waals surface area contributed by atoms with Crippen LogP contribution in [0.25, 0.3) is 22.3 Å². The Morgan fingerprint density at radius 3 is 2.52 bits per heavy atom. The van der Waals surface area contributed by atoms with Gasteiger partial charge >= 0.3 is 0 Å². The topological polar surface area (TPSA) is 55.1 Å². The number of hydrogen-bond acceptors (Lipinski definition) is 3. The molecule has 1 N–H and O–H groups in total. The van der Waals surface area contributed by atoms with Gasteiger partial charge in [0.2, 0.25) is 0 Å². The number of pyridine rings is 2. The Labute approximate surface area is 157 Å². The van der Waals surface area contributed by atoms with Crippen molar-refractivity contribution in [3.63, 3.8) is 0 Å². The smallest absolute Gasteiger partial charge is 0.258 e. The molecule has 133 valence electrons. The summed E-state index contributed by atoms with van der Waals surface area (Å²) in [6.07, 6.45) is 0.840. The van der Waals surface area contributed by atoms with E-state index in [0.717, 1.165) is 17.7 Å². The molecule has 4 aromatic rings. The highest BCUT2D eigenvalue weighted by Crippen LogP contribution is 2.28. The van der Waals surface area contributed by atoms with Gasteiger partial charge in [-0.3, -0.25) is 9.36 Å². The molecular weight excluding hydrogens is 336 g/mol. The molecule has 0 atom stereocenters. The van der Waals surface area contributed by atoms with Gasteiger partial charge in [0.05, 0.1) is 16.6 Å². The van der Waals surface area contributed by atoms with E-state index in [9.17, 15) is 9.90 Å². The zero-order valence-electron chi connectivity index (χ0n) is 15.0. The molecular formula is C23H19N2O2. The molecule has 0 saturated carbocycles. The van der Waals surface area contributed by atoms with Crippen LogP contribution < -0.4 is 5.56 Å². The van der Waals surface area contributed by atoms with Crippen molar-refractivity contribution >= 4 is 11.0 Å². The van der Waals surface area contributed by atoms with Crippen molar-refractivity contribution in [2.24, 2.45) is 7.05 Å². The summed E-state index contributed by atoms with van der Waals surface area (Å²) in [5.74, 6) is -0.107. The van der Waals surface area contributed by atoms with Crippen LogP contribution in [0.2, 0.25) is 0 Å². The van der Waals surface area contributed by atoms with Crippen LogP contribution in [0, 0.1) is 6.92 Å². The minimum atomic E-state index is -0.345. The average Bonchev–Trinajstić information content (AvgIpc) is 2.71. The van der Waals surface area contributed by atoms with E-state index in [1.165, 1.54) is 15.7 Å². The van der Waals surface area contributed by atoms with Crippen molar-refractivity contribution in [2.75, 3.05) is 0 Å². The number of nitrogens with zero attached hydrogens (tertiary/aromatic N) is 2. The van der Waals surface area contributed by atoms with Gasteiger partial charge in [-0.05, 0) is 42.7 Å². The Kier molecular flexibility index (Phi) is 4.24. The number of aromatic nitrogens is 2. The third-order valence-corrected chi connectivity index (χ3v) is 4.77. The molecule has 0 saturated heterocycles. The lowest BCUT2D eigenvalue weighted by molar-refractivity contribution is 0.476. The molecule has 0 spiro atoms. The lowest BCUT2D eigenvalue weighted by Crippen LogP contribution is -2.20. The highest BCUT2D eigenvalue weighted by atomic mass is 16.3. The predicted octanol–water partition coefficient (Wildman–Crippen LogP) is 4.08. The zero-order chi connectivity index (χ0) is 19.0. The van der Waals surface area contributed by atoms with Gasteiger partial charge < -0.3 is 5.11 Å². The second kappa shape index (κ2) is 6.72. The Morgan fingerprint density at radius 2 is 1.74 bits per heavy atom. The highest BCUT2D eigenvalue weighted by Gasteiger charge is 2.13. The van der Waals surface area contributed by atoms with Crippen LogP contribution in [0.15, 0.2) is 71.5 Å². The Balaban J connectivity index is 1.79. The summed E-state index contributed by atoms with van der Waals surface area (Å²) < 4.78 is 1.43. The van der Waals surface area contributed by atoms with Gasteiger partial charge in [0.15, 0.2) is 0 Å². The molecule has 0 bridgehead atoms. The summed E-state index contributed by atoms with van der Waals surface area (Å²) in [5.41, 5.74) is 4.34. The minimum Gasteiger partial charge on any atom is -0.507 e. The van der Waals surface area contributed by atoms with Gasteiger partial charge in [-0.25, -0.2) is 4.98 Å². The Morgan fingerprint density at radius 1 is 1.00 bits per heavy atom. The third kappa shape index (κ3) is 3.10. The second-order valence-electron chi connectivity index (χ2n) is 6.62. The molecule has 4 heteroatoms. The summed E-state index contributed by atoms with van der Waals surface area (Å²) in [6, 6.07) is 22.1. The van der Waals surface area contributed by atoms with Gasteiger partial charge in [-0.15, -0.1) is 0 Å². The van der Waals surface area contributed by atoms with Crippen molar-refractivity contribution in [1.82, 2.24) is 9.55 Å². The van der Waals surface area contributed by atoms with Gasteiger partial charge in [0.25, 0.3) is 5.56 Å². The molecule has 4 rings (SSSR count). The van der Waals surface area contributed by atoms with Gasteiger partial charge in [0, 0.05) is 12.6 Å². The van der Waals surface area contributed by atoms with E-state index in [2.05, 4.69) is 36.2 Å². The zero-order valence-corrected chi connectivity index (χ0v) is 15.0. The Bertz CT molecular complexity index is 1190. The predicted molar refractivity (Wildman–Crippen MR) is 108 cm³/mol. The molecule has 0 fully saturated rings. The van der Waals surface area contributed by atoms with E-state index in [-0.39, 0.29) is 16.9 Å². The maximum atomic E-state index is 12.2. The first-order valence-corrected chi connectivity index (χ1v) is 8.72. The van der Waals surface area contributed by atoms with Gasteiger partial charge in [-0.1, -0.05) is 48.5 Å². The van der Waals surface area contributed by atoms with E-state index >= 15 is 0 Å². The molecule has 0 aliphatic rings. The number of hydrogen-bond donors (Lipinski definition) is 1. The molecule has 0 aliphatic carbocycles. The summed E-state index contributed by atoms with van der Waals surface area (Å²) in [5, 5.41) is 10.7. The first-order chi connectivity index (χ1) is 13.0. The molecule has 0 amide bonds. The Hall–Kier alpha value is -3.40. The molecule has 2 heterocycles. The number of aromatic hydroxyl groups is 1. The van der Waals surface area contributed by atoms with Crippen molar-refractivity contribution < 1.29 is 5.11 Å². The van der Waals surface area contributed by atoms with E-state index in [0.29, 0.717) is 11.0 Å². The summed E-state index contributed by atoms with van der Waals surface area (Å²) in [4.78, 5) is 16.8. The maximum absolute atomic E-state index is 12.2. The summed E-state index contributed by atoms with van der Waals surface area (Å²) in [7, 11) is 1.64. The molecule has 4 nitrogen and oxygen atoms in total. The summed E-state index contributed by atoms with van der Waals surface area (Å²) >= 11 is 0. The van der Waals surface area contributed by atoms with E-state index in [1.807, 2.05) is 36.4 Å². The van der Waals surface area contributed by atoms with Crippen LogP contribution in [0.4, 0.5) is 0 Å². The minimum absolute atomic E-state index is 0.0874. The number of rotatable bonds is 3. The fraction of sp³-hybridized carbons (Fsp3) is 0.0870. The molecule has 27 heavy (non-hydrogen) atoms. The average molecular weight is 355 g/mol. The van der Waals surface area contributed by atoms with Crippen molar-refractivity contribution in [1.29, 1.82) is 0 Å². The number of aryl methyl sites for hydroxylation is 1.